The lowest BCUT2D eigenvalue weighted by Crippen LogP contribution is -2.10. The van der Waals surface area contributed by atoms with Crippen molar-refractivity contribution in [2.24, 2.45) is 0 Å². The lowest BCUT2D eigenvalue weighted by molar-refractivity contribution is 0.0696. The van der Waals surface area contributed by atoms with E-state index in [1.807, 2.05) is 6.92 Å². The second-order valence-corrected chi connectivity index (χ2v) is 4.16. The number of rotatable bonds is 5. The molecule has 0 amide bonds. The topological polar surface area (TPSA) is 102 Å². The van der Waals surface area contributed by atoms with Crippen LogP contribution in [0.3, 0.4) is 0 Å². The molecule has 0 aliphatic heterocycles. The maximum absolute atomic E-state index is 11.5. The summed E-state index contributed by atoms with van der Waals surface area (Å²) >= 11 is 0. The largest absolute Gasteiger partial charge is 0.493 e. The Hall–Kier alpha value is -2.83. The summed E-state index contributed by atoms with van der Waals surface area (Å²) in [6.07, 6.45) is 0.540. The summed E-state index contributed by atoms with van der Waals surface area (Å²) in [5.41, 5.74) is -0.295. The molecule has 110 valence electrons. The maximum atomic E-state index is 11.5. The van der Waals surface area contributed by atoms with E-state index in [1.54, 1.807) is 0 Å². The molecule has 0 unspecified atom stereocenters. The number of carboxylic acid groups (broad SMARTS) is 1. The molecule has 0 bridgehead atoms. The van der Waals surface area contributed by atoms with E-state index >= 15 is 0 Å². The second kappa shape index (κ2) is 6.08. The molecule has 0 aliphatic rings. The highest BCUT2D eigenvalue weighted by molar-refractivity contribution is 5.88. The summed E-state index contributed by atoms with van der Waals surface area (Å²) in [4.78, 5) is 29.2. The third-order valence-electron chi connectivity index (χ3n) is 2.73. The molecular formula is C14H14N2O5. The monoisotopic (exact) mass is 290 g/mol. The number of aromatic amines is 1. The van der Waals surface area contributed by atoms with Gasteiger partial charge in [0.15, 0.2) is 11.5 Å². The Morgan fingerprint density at radius 1 is 1.33 bits per heavy atom. The van der Waals surface area contributed by atoms with Gasteiger partial charge >= 0.3 is 5.97 Å². The molecule has 7 nitrogen and oxygen atoms in total. The van der Waals surface area contributed by atoms with Crippen LogP contribution in [0.1, 0.15) is 23.1 Å². The lowest BCUT2D eigenvalue weighted by atomic mass is 10.2. The Kier molecular flexibility index (Phi) is 4.22. The summed E-state index contributed by atoms with van der Waals surface area (Å²) in [5, 5.41) is 9.00. The first-order valence-electron chi connectivity index (χ1n) is 6.23. The Bertz CT molecular complexity index is 724. The Balaban J connectivity index is 2.42. The highest BCUT2D eigenvalue weighted by Gasteiger charge is 2.12. The molecule has 21 heavy (non-hydrogen) atoms. The van der Waals surface area contributed by atoms with E-state index in [0.29, 0.717) is 18.0 Å². The zero-order valence-electron chi connectivity index (χ0n) is 11.5. The molecule has 0 saturated carbocycles. The van der Waals surface area contributed by atoms with Crippen molar-refractivity contribution in [2.45, 2.75) is 13.3 Å². The van der Waals surface area contributed by atoms with Crippen LogP contribution >= 0.6 is 0 Å². The summed E-state index contributed by atoms with van der Waals surface area (Å²) in [5.74, 6) is -0.00408. The molecule has 1 heterocycles. The minimum Gasteiger partial charge on any atom is -0.493 e. The number of carbonyl (C=O) groups is 1. The van der Waals surface area contributed by atoms with Crippen molar-refractivity contribution < 1.29 is 19.4 Å². The highest BCUT2D eigenvalue weighted by atomic mass is 16.5. The van der Waals surface area contributed by atoms with Crippen LogP contribution in [0.15, 0.2) is 29.1 Å². The van der Waals surface area contributed by atoms with Gasteiger partial charge in [-0.1, -0.05) is 6.92 Å². The van der Waals surface area contributed by atoms with Crippen molar-refractivity contribution in [2.75, 3.05) is 7.11 Å². The summed E-state index contributed by atoms with van der Waals surface area (Å²) in [6.45, 7) is 1.84. The van der Waals surface area contributed by atoms with Crippen LogP contribution in [-0.4, -0.2) is 28.2 Å². The van der Waals surface area contributed by atoms with Crippen LogP contribution in [0.2, 0.25) is 0 Å². The van der Waals surface area contributed by atoms with Crippen LogP contribution in [0.4, 0.5) is 0 Å². The van der Waals surface area contributed by atoms with E-state index in [9.17, 15) is 9.59 Å². The minimum absolute atomic E-state index is 0.0476. The highest BCUT2D eigenvalue weighted by Crippen LogP contribution is 2.31. The fraction of sp³-hybridized carbons (Fsp3) is 0.214. The third-order valence-corrected chi connectivity index (χ3v) is 2.73. The first kappa shape index (κ1) is 14.6. The van der Waals surface area contributed by atoms with Gasteiger partial charge in [-0.05, 0) is 18.2 Å². The fourth-order valence-electron chi connectivity index (χ4n) is 1.71. The van der Waals surface area contributed by atoms with Gasteiger partial charge in [-0.2, -0.15) is 4.98 Å². The average Bonchev–Trinajstić information content (AvgIpc) is 2.46. The summed E-state index contributed by atoms with van der Waals surface area (Å²) < 4.78 is 10.6. The van der Waals surface area contributed by atoms with Crippen molar-refractivity contribution in [1.82, 2.24) is 9.97 Å². The summed E-state index contributed by atoms with van der Waals surface area (Å²) in [6, 6.07) is 5.38. The number of aryl methyl sites for hydroxylation is 1. The average molecular weight is 290 g/mol. The molecule has 0 aliphatic carbocycles. The molecule has 7 heteroatoms. The molecule has 2 aromatic rings. The predicted octanol–water partition coefficient (Wildman–Crippen LogP) is 1.83. The first-order valence-corrected chi connectivity index (χ1v) is 6.23. The van der Waals surface area contributed by atoms with Gasteiger partial charge in [0.1, 0.15) is 5.82 Å². The molecular weight excluding hydrogens is 276 g/mol. The number of hydrogen-bond acceptors (Lipinski definition) is 5. The zero-order chi connectivity index (χ0) is 15.4. The number of benzene rings is 1. The van der Waals surface area contributed by atoms with Crippen molar-refractivity contribution in [3.05, 3.63) is 46.0 Å². The van der Waals surface area contributed by atoms with Crippen molar-refractivity contribution >= 4 is 5.97 Å². The number of hydrogen-bond donors (Lipinski definition) is 2. The smallest absolute Gasteiger partial charge is 0.335 e. The Morgan fingerprint density at radius 2 is 2.10 bits per heavy atom. The maximum Gasteiger partial charge on any atom is 0.335 e. The van der Waals surface area contributed by atoms with E-state index < -0.39 is 5.97 Å². The standard InChI is InChI=1S/C14H14N2O5/c1-3-11-15-12(17)7-13(16-11)21-10-6-8(14(18)19)4-5-9(10)20-2/h4-7H,3H2,1-2H3,(H,18,19)(H,15,16,17). The number of methoxy groups -OCH3 is 1. The van der Waals surface area contributed by atoms with E-state index in [0.717, 1.165) is 0 Å². The van der Waals surface area contributed by atoms with Crippen molar-refractivity contribution in [1.29, 1.82) is 0 Å². The number of nitrogens with one attached hydrogen (secondary N) is 1. The van der Waals surface area contributed by atoms with Crippen LogP contribution in [0.25, 0.3) is 0 Å². The lowest BCUT2D eigenvalue weighted by Gasteiger charge is -2.10. The normalized spacial score (nSPS) is 10.2. The number of ether oxygens (including phenoxy) is 2. The quantitative estimate of drug-likeness (QED) is 0.871. The van der Waals surface area contributed by atoms with E-state index in [-0.39, 0.29) is 22.8 Å². The SMILES string of the molecule is CCc1nc(Oc2cc(C(=O)O)ccc2OC)cc(=O)[nH]1. The molecule has 1 aromatic carbocycles. The first-order chi connectivity index (χ1) is 10.0. The van der Waals surface area contributed by atoms with Gasteiger partial charge in [0.25, 0.3) is 5.56 Å². The Morgan fingerprint density at radius 3 is 2.71 bits per heavy atom. The molecule has 0 atom stereocenters. The number of aromatic nitrogens is 2. The van der Waals surface area contributed by atoms with Crippen LogP contribution in [0, 0.1) is 0 Å². The van der Waals surface area contributed by atoms with Crippen LogP contribution in [-0.2, 0) is 6.42 Å². The van der Waals surface area contributed by atoms with Gasteiger partial charge < -0.3 is 19.6 Å². The van der Waals surface area contributed by atoms with Gasteiger partial charge in [-0.3, -0.25) is 4.79 Å². The second-order valence-electron chi connectivity index (χ2n) is 4.16. The van der Waals surface area contributed by atoms with Gasteiger partial charge in [0.05, 0.1) is 18.7 Å². The molecule has 0 radical (unpaired) electrons. The van der Waals surface area contributed by atoms with Gasteiger partial charge in [0.2, 0.25) is 5.88 Å². The number of H-pyrrole nitrogens is 1. The zero-order valence-corrected chi connectivity index (χ0v) is 11.5. The molecule has 1 aromatic heterocycles. The van der Waals surface area contributed by atoms with Gasteiger partial charge in [0, 0.05) is 6.42 Å². The van der Waals surface area contributed by atoms with Gasteiger partial charge in [-0.25, -0.2) is 4.79 Å². The predicted molar refractivity (Wildman–Crippen MR) is 74.3 cm³/mol. The number of carboxylic acids is 1. The van der Waals surface area contributed by atoms with Crippen LogP contribution in [0.5, 0.6) is 17.4 Å². The molecule has 2 N–H and O–H groups in total. The van der Waals surface area contributed by atoms with Crippen molar-refractivity contribution in [3.8, 4) is 17.4 Å². The molecule has 0 saturated heterocycles. The number of nitrogens with zero attached hydrogens (tertiary/aromatic N) is 1. The molecule has 2 rings (SSSR count). The summed E-state index contributed by atoms with van der Waals surface area (Å²) in [7, 11) is 1.44. The molecule has 0 spiro atoms. The number of aromatic carboxylic acids is 1. The molecule has 0 fully saturated rings. The van der Waals surface area contributed by atoms with E-state index in [1.165, 1.54) is 31.4 Å². The Labute approximate surface area is 120 Å². The van der Waals surface area contributed by atoms with Crippen LogP contribution < -0.4 is 15.0 Å². The van der Waals surface area contributed by atoms with Crippen molar-refractivity contribution in [3.63, 3.8) is 0 Å². The third kappa shape index (κ3) is 3.38. The fourth-order valence-corrected chi connectivity index (χ4v) is 1.71. The van der Waals surface area contributed by atoms with E-state index in [4.69, 9.17) is 14.6 Å². The minimum atomic E-state index is -1.09. The van der Waals surface area contributed by atoms with E-state index in [2.05, 4.69) is 9.97 Å². The van der Waals surface area contributed by atoms with Gasteiger partial charge in [-0.15, -0.1) is 0 Å².